The SMILES string of the molecule is CN=C(NCCNC(=O)C1CC1)NC1CCN(C(C)C)CC1. The molecule has 0 aromatic carbocycles. The molecule has 6 heteroatoms. The third kappa shape index (κ3) is 5.48. The molecule has 0 radical (unpaired) electrons. The zero-order chi connectivity index (χ0) is 15.9. The van der Waals surface area contributed by atoms with Gasteiger partial charge in [0, 0.05) is 51.2 Å². The topological polar surface area (TPSA) is 68.8 Å². The van der Waals surface area contributed by atoms with Gasteiger partial charge in [0.05, 0.1) is 0 Å². The Balaban J connectivity index is 1.60. The van der Waals surface area contributed by atoms with Crippen LogP contribution in [0, 0.1) is 5.92 Å². The Morgan fingerprint density at radius 3 is 2.32 bits per heavy atom. The molecular weight excluding hydrogens is 278 g/mol. The van der Waals surface area contributed by atoms with Crippen LogP contribution in [0.15, 0.2) is 4.99 Å². The highest BCUT2D eigenvalue weighted by molar-refractivity contribution is 5.81. The third-order valence-electron chi connectivity index (χ3n) is 4.49. The fourth-order valence-electron chi connectivity index (χ4n) is 2.80. The van der Waals surface area contributed by atoms with Crippen molar-refractivity contribution in [2.75, 3.05) is 33.2 Å². The first-order valence-corrected chi connectivity index (χ1v) is 8.59. The molecule has 0 bridgehead atoms. The first-order valence-electron chi connectivity index (χ1n) is 8.59. The van der Waals surface area contributed by atoms with Gasteiger partial charge in [0.25, 0.3) is 0 Å². The van der Waals surface area contributed by atoms with E-state index in [1.54, 1.807) is 7.05 Å². The van der Waals surface area contributed by atoms with Gasteiger partial charge in [-0.25, -0.2) is 0 Å². The molecule has 2 aliphatic rings. The van der Waals surface area contributed by atoms with Gasteiger partial charge in [0.1, 0.15) is 0 Å². The molecule has 6 nitrogen and oxygen atoms in total. The second kappa shape index (κ2) is 8.36. The second-order valence-electron chi connectivity index (χ2n) is 6.61. The Hall–Kier alpha value is -1.30. The Labute approximate surface area is 134 Å². The van der Waals surface area contributed by atoms with E-state index >= 15 is 0 Å². The molecule has 0 atom stereocenters. The maximum Gasteiger partial charge on any atom is 0.223 e. The van der Waals surface area contributed by atoms with E-state index in [9.17, 15) is 4.79 Å². The highest BCUT2D eigenvalue weighted by Crippen LogP contribution is 2.28. The van der Waals surface area contributed by atoms with Crippen LogP contribution in [0.4, 0.5) is 0 Å². The van der Waals surface area contributed by atoms with Crippen LogP contribution in [0.25, 0.3) is 0 Å². The van der Waals surface area contributed by atoms with Crippen LogP contribution in [-0.4, -0.2) is 62.1 Å². The number of hydrogen-bond acceptors (Lipinski definition) is 3. The fraction of sp³-hybridized carbons (Fsp3) is 0.875. The standard InChI is InChI=1S/C16H31N5O/c1-12(2)21-10-6-14(7-11-21)20-16(17-3)19-9-8-18-15(22)13-4-5-13/h12-14H,4-11H2,1-3H3,(H,18,22)(H2,17,19,20). The molecule has 3 N–H and O–H groups in total. The number of hydrogen-bond donors (Lipinski definition) is 3. The summed E-state index contributed by atoms with van der Waals surface area (Å²) in [4.78, 5) is 18.3. The van der Waals surface area contributed by atoms with E-state index in [0.29, 0.717) is 25.2 Å². The van der Waals surface area contributed by atoms with Crippen LogP contribution >= 0.6 is 0 Å². The second-order valence-corrected chi connectivity index (χ2v) is 6.61. The maximum atomic E-state index is 11.5. The van der Waals surface area contributed by atoms with Gasteiger partial charge in [-0.15, -0.1) is 0 Å². The van der Waals surface area contributed by atoms with Crippen LogP contribution in [0.5, 0.6) is 0 Å². The molecule has 1 saturated heterocycles. The number of guanidine groups is 1. The molecule has 2 rings (SSSR count). The van der Waals surface area contributed by atoms with Crippen molar-refractivity contribution in [3.8, 4) is 0 Å². The van der Waals surface area contributed by atoms with Crippen LogP contribution in [0.1, 0.15) is 39.5 Å². The van der Waals surface area contributed by atoms with E-state index in [1.165, 1.54) is 0 Å². The van der Waals surface area contributed by atoms with Crippen molar-refractivity contribution in [1.29, 1.82) is 0 Å². The Morgan fingerprint density at radius 2 is 1.77 bits per heavy atom. The van der Waals surface area contributed by atoms with Crippen LogP contribution in [-0.2, 0) is 4.79 Å². The molecule has 0 unspecified atom stereocenters. The van der Waals surface area contributed by atoms with Gasteiger partial charge in [-0.2, -0.15) is 0 Å². The molecule has 1 aliphatic heterocycles. The molecular formula is C16H31N5O. The van der Waals surface area contributed by atoms with Crippen LogP contribution in [0.3, 0.4) is 0 Å². The number of nitrogens with zero attached hydrogens (tertiary/aromatic N) is 2. The molecule has 2 fully saturated rings. The number of carbonyl (C=O) groups is 1. The Bertz CT molecular complexity index is 384. The summed E-state index contributed by atoms with van der Waals surface area (Å²) in [6.45, 7) is 8.16. The molecule has 1 amide bonds. The van der Waals surface area contributed by atoms with Crippen molar-refractivity contribution < 1.29 is 4.79 Å². The monoisotopic (exact) mass is 309 g/mol. The lowest BCUT2D eigenvalue weighted by atomic mass is 10.0. The molecule has 126 valence electrons. The average molecular weight is 309 g/mol. The molecule has 1 saturated carbocycles. The number of rotatable bonds is 6. The molecule has 1 heterocycles. The summed E-state index contributed by atoms with van der Waals surface area (Å²) in [5.41, 5.74) is 0. The van der Waals surface area contributed by atoms with Crippen molar-refractivity contribution in [3.63, 3.8) is 0 Å². The average Bonchev–Trinajstić information content (AvgIpc) is 3.35. The number of nitrogens with one attached hydrogen (secondary N) is 3. The van der Waals surface area contributed by atoms with E-state index in [1.807, 2.05) is 0 Å². The zero-order valence-corrected chi connectivity index (χ0v) is 14.2. The normalized spacial score (nSPS) is 21.0. The van der Waals surface area contributed by atoms with Crippen LogP contribution in [0.2, 0.25) is 0 Å². The molecule has 0 aromatic rings. The van der Waals surface area contributed by atoms with E-state index < -0.39 is 0 Å². The van der Waals surface area contributed by atoms with Gasteiger partial charge < -0.3 is 20.9 Å². The summed E-state index contributed by atoms with van der Waals surface area (Å²) >= 11 is 0. The largest absolute Gasteiger partial charge is 0.355 e. The minimum atomic E-state index is 0.200. The van der Waals surface area contributed by atoms with Crippen molar-refractivity contribution in [3.05, 3.63) is 0 Å². The Kier molecular flexibility index (Phi) is 6.49. The highest BCUT2D eigenvalue weighted by Gasteiger charge is 2.29. The van der Waals surface area contributed by atoms with Gasteiger partial charge in [0.2, 0.25) is 5.91 Å². The summed E-state index contributed by atoms with van der Waals surface area (Å²) in [6, 6.07) is 1.12. The van der Waals surface area contributed by atoms with Crippen LogP contribution < -0.4 is 16.0 Å². The van der Waals surface area contributed by atoms with E-state index in [2.05, 4.69) is 39.7 Å². The maximum absolute atomic E-state index is 11.5. The first kappa shape index (κ1) is 17.1. The number of aliphatic imine (C=N–C) groups is 1. The van der Waals surface area contributed by atoms with Crippen molar-refractivity contribution in [1.82, 2.24) is 20.9 Å². The van der Waals surface area contributed by atoms with Gasteiger partial charge in [-0.3, -0.25) is 9.79 Å². The van der Waals surface area contributed by atoms with Crippen molar-refractivity contribution >= 4 is 11.9 Å². The number of piperidine rings is 1. The smallest absolute Gasteiger partial charge is 0.223 e. The minimum absolute atomic E-state index is 0.200. The fourth-order valence-corrected chi connectivity index (χ4v) is 2.80. The number of carbonyl (C=O) groups excluding carboxylic acids is 1. The van der Waals surface area contributed by atoms with E-state index in [4.69, 9.17) is 0 Å². The van der Waals surface area contributed by atoms with E-state index in [0.717, 1.165) is 44.7 Å². The molecule has 22 heavy (non-hydrogen) atoms. The van der Waals surface area contributed by atoms with Gasteiger partial charge in [-0.05, 0) is 39.5 Å². The van der Waals surface area contributed by atoms with Crippen molar-refractivity contribution in [2.45, 2.75) is 51.6 Å². The lowest BCUT2D eigenvalue weighted by Crippen LogP contribution is -2.50. The Morgan fingerprint density at radius 1 is 1.14 bits per heavy atom. The quantitative estimate of drug-likeness (QED) is 0.381. The molecule has 0 aromatic heterocycles. The highest BCUT2D eigenvalue weighted by atomic mass is 16.2. The molecule has 1 aliphatic carbocycles. The predicted molar refractivity (Wildman–Crippen MR) is 90.0 cm³/mol. The molecule has 0 spiro atoms. The summed E-state index contributed by atoms with van der Waals surface area (Å²) in [5, 5.41) is 9.72. The number of likely N-dealkylation sites (tertiary alicyclic amines) is 1. The van der Waals surface area contributed by atoms with Gasteiger partial charge in [-0.1, -0.05) is 0 Å². The summed E-state index contributed by atoms with van der Waals surface area (Å²) in [6.07, 6.45) is 4.41. The van der Waals surface area contributed by atoms with Gasteiger partial charge >= 0.3 is 0 Å². The third-order valence-corrected chi connectivity index (χ3v) is 4.49. The summed E-state index contributed by atoms with van der Waals surface area (Å²) in [7, 11) is 1.79. The zero-order valence-electron chi connectivity index (χ0n) is 14.2. The van der Waals surface area contributed by atoms with E-state index in [-0.39, 0.29) is 11.8 Å². The first-order chi connectivity index (χ1) is 10.6. The summed E-state index contributed by atoms with van der Waals surface area (Å²) in [5.74, 6) is 1.32. The summed E-state index contributed by atoms with van der Waals surface area (Å²) < 4.78 is 0. The van der Waals surface area contributed by atoms with Gasteiger partial charge in [0.15, 0.2) is 5.96 Å². The lowest BCUT2D eigenvalue weighted by molar-refractivity contribution is -0.122. The lowest BCUT2D eigenvalue weighted by Gasteiger charge is -2.35. The predicted octanol–water partition coefficient (Wildman–Crippen LogP) is 0.550. The van der Waals surface area contributed by atoms with Crippen molar-refractivity contribution in [2.24, 2.45) is 10.9 Å². The minimum Gasteiger partial charge on any atom is -0.355 e. The number of amides is 1.